The first kappa shape index (κ1) is 15.9. The van der Waals surface area contributed by atoms with Crippen molar-refractivity contribution in [1.29, 1.82) is 0 Å². The number of ether oxygens (including phenoxy) is 1. The van der Waals surface area contributed by atoms with E-state index < -0.39 is 0 Å². The number of carbonyl (C=O) groups excluding carboxylic acids is 1. The Labute approximate surface area is 141 Å². The van der Waals surface area contributed by atoms with Crippen molar-refractivity contribution < 1.29 is 9.53 Å². The smallest absolute Gasteiger partial charge is 0.253 e. The molecular formula is C17H21Cl2NO2. The minimum atomic E-state index is 0.0236. The van der Waals surface area contributed by atoms with Crippen LogP contribution in [0.3, 0.4) is 0 Å². The predicted molar refractivity (Wildman–Crippen MR) is 89.0 cm³/mol. The molecule has 0 spiro atoms. The highest BCUT2D eigenvalue weighted by molar-refractivity contribution is 6.37. The highest BCUT2D eigenvalue weighted by Gasteiger charge is 2.33. The molecule has 0 unspecified atom stereocenters. The van der Waals surface area contributed by atoms with Crippen LogP contribution in [0.25, 0.3) is 0 Å². The predicted octanol–water partition coefficient (Wildman–Crippen LogP) is 4.65. The highest BCUT2D eigenvalue weighted by Crippen LogP contribution is 2.38. The molecule has 1 aliphatic carbocycles. The van der Waals surface area contributed by atoms with Crippen LogP contribution < -0.4 is 4.74 Å². The van der Waals surface area contributed by atoms with Crippen molar-refractivity contribution in [3.63, 3.8) is 0 Å². The number of hydrogen-bond acceptors (Lipinski definition) is 2. The minimum Gasteiger partial charge on any atom is -0.494 e. The van der Waals surface area contributed by atoms with Gasteiger partial charge in [-0.2, -0.15) is 0 Å². The number of nitrogens with zero attached hydrogens (tertiary/aromatic N) is 1. The van der Waals surface area contributed by atoms with Crippen molar-refractivity contribution >= 4 is 29.1 Å². The molecule has 120 valence electrons. The molecule has 2 aliphatic rings. The van der Waals surface area contributed by atoms with Gasteiger partial charge in [-0.15, -0.1) is 0 Å². The van der Waals surface area contributed by atoms with Crippen LogP contribution in [0.15, 0.2) is 12.1 Å². The Morgan fingerprint density at radius 2 is 1.77 bits per heavy atom. The van der Waals surface area contributed by atoms with Crippen LogP contribution >= 0.6 is 23.2 Å². The Balaban J connectivity index is 1.76. The van der Waals surface area contributed by atoms with E-state index in [0.717, 1.165) is 25.4 Å². The largest absolute Gasteiger partial charge is 0.494 e. The Kier molecular flexibility index (Phi) is 4.84. The molecule has 1 heterocycles. The summed E-state index contributed by atoms with van der Waals surface area (Å²) in [5.74, 6) is 1.91. The molecule has 0 bridgehead atoms. The second kappa shape index (κ2) is 6.67. The third-order valence-corrected chi connectivity index (χ3v) is 5.59. The van der Waals surface area contributed by atoms with E-state index in [9.17, 15) is 4.79 Å². The summed E-state index contributed by atoms with van der Waals surface area (Å²) in [6, 6.07) is 3.31. The molecule has 1 saturated heterocycles. The van der Waals surface area contributed by atoms with E-state index in [1.165, 1.54) is 32.8 Å². The van der Waals surface area contributed by atoms with E-state index in [1.807, 2.05) is 4.90 Å². The fourth-order valence-corrected chi connectivity index (χ4v) is 4.49. The second-order valence-electron chi connectivity index (χ2n) is 6.32. The van der Waals surface area contributed by atoms with Crippen molar-refractivity contribution in [3.8, 4) is 5.75 Å². The lowest BCUT2D eigenvalue weighted by Gasteiger charge is -2.41. The minimum absolute atomic E-state index is 0.0236. The Morgan fingerprint density at radius 3 is 2.41 bits per heavy atom. The molecule has 5 heteroatoms. The monoisotopic (exact) mass is 341 g/mol. The molecule has 2 atom stereocenters. The van der Waals surface area contributed by atoms with Gasteiger partial charge in [-0.25, -0.2) is 0 Å². The average molecular weight is 342 g/mol. The van der Waals surface area contributed by atoms with Gasteiger partial charge in [0.1, 0.15) is 0 Å². The van der Waals surface area contributed by atoms with Crippen LogP contribution in [0.5, 0.6) is 5.75 Å². The molecule has 3 nitrogen and oxygen atoms in total. The topological polar surface area (TPSA) is 29.5 Å². The molecule has 0 N–H and O–H groups in total. The van der Waals surface area contributed by atoms with Gasteiger partial charge in [-0.1, -0.05) is 42.5 Å². The maximum atomic E-state index is 12.7. The molecular weight excluding hydrogens is 321 g/mol. The molecule has 0 aromatic heterocycles. The Morgan fingerprint density at radius 1 is 1.14 bits per heavy atom. The number of piperidine rings is 1. The zero-order chi connectivity index (χ0) is 15.7. The summed E-state index contributed by atoms with van der Waals surface area (Å²) in [4.78, 5) is 14.7. The summed E-state index contributed by atoms with van der Waals surface area (Å²) < 4.78 is 5.14. The van der Waals surface area contributed by atoms with Crippen molar-refractivity contribution in [2.45, 2.75) is 32.1 Å². The number of methoxy groups -OCH3 is 1. The SMILES string of the molecule is COc1c(Cl)cc(C(=O)N2CC[C@@H]3CCCC[C@@H]3C2)cc1Cl. The summed E-state index contributed by atoms with van der Waals surface area (Å²) in [5, 5.41) is 0.761. The van der Waals surface area contributed by atoms with E-state index in [-0.39, 0.29) is 5.91 Å². The van der Waals surface area contributed by atoms with E-state index in [1.54, 1.807) is 12.1 Å². The lowest BCUT2D eigenvalue weighted by molar-refractivity contribution is 0.0521. The number of benzene rings is 1. The summed E-state index contributed by atoms with van der Waals surface area (Å²) in [6.45, 7) is 1.70. The fourth-order valence-electron chi connectivity index (χ4n) is 3.85. The molecule has 1 amide bonds. The number of rotatable bonds is 2. The number of halogens is 2. The molecule has 1 aliphatic heterocycles. The molecule has 1 saturated carbocycles. The van der Waals surface area contributed by atoms with E-state index >= 15 is 0 Å². The summed E-state index contributed by atoms with van der Waals surface area (Å²) in [5.41, 5.74) is 0.546. The van der Waals surface area contributed by atoms with Gasteiger partial charge < -0.3 is 9.64 Å². The van der Waals surface area contributed by atoms with Crippen LogP contribution in [0.1, 0.15) is 42.5 Å². The lowest BCUT2D eigenvalue weighted by Crippen LogP contribution is -2.44. The number of hydrogen-bond donors (Lipinski definition) is 0. The highest BCUT2D eigenvalue weighted by atomic mass is 35.5. The maximum absolute atomic E-state index is 12.7. The van der Waals surface area contributed by atoms with Gasteiger partial charge in [0.2, 0.25) is 0 Å². The van der Waals surface area contributed by atoms with E-state index in [2.05, 4.69) is 0 Å². The van der Waals surface area contributed by atoms with Gasteiger partial charge in [0.25, 0.3) is 5.91 Å². The summed E-state index contributed by atoms with van der Waals surface area (Å²) >= 11 is 12.3. The van der Waals surface area contributed by atoms with Crippen LogP contribution in [0.2, 0.25) is 10.0 Å². The van der Waals surface area contributed by atoms with Gasteiger partial charge in [-0.05, 0) is 36.8 Å². The maximum Gasteiger partial charge on any atom is 0.253 e. The zero-order valence-electron chi connectivity index (χ0n) is 12.8. The van der Waals surface area contributed by atoms with E-state index in [0.29, 0.717) is 27.3 Å². The van der Waals surface area contributed by atoms with Crippen LogP contribution in [0.4, 0.5) is 0 Å². The van der Waals surface area contributed by atoms with Gasteiger partial charge in [0.05, 0.1) is 17.2 Å². The number of amides is 1. The molecule has 2 fully saturated rings. The normalized spacial score (nSPS) is 24.8. The molecule has 0 radical (unpaired) electrons. The zero-order valence-corrected chi connectivity index (χ0v) is 14.3. The van der Waals surface area contributed by atoms with Crippen molar-refractivity contribution in [3.05, 3.63) is 27.7 Å². The molecule has 22 heavy (non-hydrogen) atoms. The van der Waals surface area contributed by atoms with Gasteiger partial charge in [0.15, 0.2) is 5.75 Å². The third kappa shape index (κ3) is 3.07. The summed E-state index contributed by atoms with van der Waals surface area (Å²) in [7, 11) is 1.52. The van der Waals surface area contributed by atoms with Crippen LogP contribution in [0, 0.1) is 11.8 Å². The van der Waals surface area contributed by atoms with Crippen LogP contribution in [-0.2, 0) is 0 Å². The third-order valence-electron chi connectivity index (χ3n) is 5.03. The number of fused-ring (bicyclic) bond motifs is 1. The van der Waals surface area contributed by atoms with Crippen molar-refractivity contribution in [1.82, 2.24) is 4.90 Å². The van der Waals surface area contributed by atoms with Crippen LogP contribution in [-0.4, -0.2) is 31.0 Å². The standard InChI is InChI=1S/C17H21Cl2NO2/c1-22-16-14(18)8-13(9-15(16)19)17(21)20-7-6-11-4-2-3-5-12(11)10-20/h8-9,11-12H,2-7,10H2,1H3/t11-,12+/m0/s1. The van der Waals surface area contributed by atoms with Gasteiger partial charge in [-0.3, -0.25) is 4.79 Å². The molecule has 1 aromatic carbocycles. The Bertz CT molecular complexity index is 553. The van der Waals surface area contributed by atoms with E-state index in [4.69, 9.17) is 27.9 Å². The number of carbonyl (C=O) groups is 1. The average Bonchev–Trinajstić information content (AvgIpc) is 2.53. The fraction of sp³-hybridized carbons (Fsp3) is 0.588. The quantitative estimate of drug-likeness (QED) is 0.783. The first-order valence-corrected chi connectivity index (χ1v) is 8.68. The van der Waals surface area contributed by atoms with Gasteiger partial charge >= 0.3 is 0 Å². The molecule has 1 aromatic rings. The second-order valence-corrected chi connectivity index (χ2v) is 7.13. The Hall–Kier alpha value is -0.930. The first-order valence-electron chi connectivity index (χ1n) is 7.92. The lowest BCUT2D eigenvalue weighted by atomic mass is 9.75. The summed E-state index contributed by atoms with van der Waals surface area (Å²) in [6.07, 6.45) is 6.34. The number of likely N-dealkylation sites (tertiary alicyclic amines) is 1. The van der Waals surface area contributed by atoms with Crippen molar-refractivity contribution in [2.24, 2.45) is 11.8 Å². The van der Waals surface area contributed by atoms with Gasteiger partial charge in [0, 0.05) is 18.7 Å². The van der Waals surface area contributed by atoms with Crippen molar-refractivity contribution in [2.75, 3.05) is 20.2 Å². The molecule has 3 rings (SSSR count). The first-order chi connectivity index (χ1) is 10.6.